The van der Waals surface area contributed by atoms with E-state index in [4.69, 9.17) is 23.5 Å². The predicted molar refractivity (Wildman–Crippen MR) is 115 cm³/mol. The van der Waals surface area contributed by atoms with E-state index in [0.717, 1.165) is 5.56 Å². The second kappa shape index (κ2) is 11.2. The number of rotatable bonds is 11. The van der Waals surface area contributed by atoms with Gasteiger partial charge in [-0.1, -0.05) is 37.3 Å². The number of hydrogen-bond acceptors (Lipinski definition) is 8. The fourth-order valence-electron chi connectivity index (χ4n) is 3.77. The van der Waals surface area contributed by atoms with Gasteiger partial charge < -0.3 is 23.5 Å². The number of esters is 2. The molecule has 9 heteroatoms. The van der Waals surface area contributed by atoms with Crippen molar-refractivity contribution in [1.29, 1.82) is 0 Å². The molecule has 0 radical (unpaired) electrons. The first-order valence-electron chi connectivity index (χ1n) is 10.5. The van der Waals surface area contributed by atoms with Crippen molar-refractivity contribution >= 4 is 19.3 Å². The first-order chi connectivity index (χ1) is 14.6. The highest BCUT2D eigenvalue weighted by molar-refractivity contribution is 7.58. The SMILES string of the molecule is CCOP(C)(=O)CC[C@@]1(CC)O[C@@H](OC(C)=O)[C@@H](OC(C)=O)C1OCc1ccccc1. The normalized spacial score (nSPS) is 27.5. The molecule has 0 amide bonds. The Kier molecular flexibility index (Phi) is 9.25. The first-order valence-corrected chi connectivity index (χ1v) is 12.8. The lowest BCUT2D eigenvalue weighted by atomic mass is 9.89. The van der Waals surface area contributed by atoms with Gasteiger partial charge in [0.25, 0.3) is 0 Å². The maximum atomic E-state index is 12.7. The molecule has 1 fully saturated rings. The van der Waals surface area contributed by atoms with Crippen molar-refractivity contribution in [2.45, 2.75) is 71.2 Å². The van der Waals surface area contributed by atoms with Crippen molar-refractivity contribution in [3.63, 3.8) is 0 Å². The summed E-state index contributed by atoms with van der Waals surface area (Å²) >= 11 is 0. The monoisotopic (exact) mass is 456 g/mol. The van der Waals surface area contributed by atoms with Gasteiger partial charge >= 0.3 is 11.9 Å². The van der Waals surface area contributed by atoms with Gasteiger partial charge in [-0.25, -0.2) is 0 Å². The minimum Gasteiger partial charge on any atom is -0.453 e. The smallest absolute Gasteiger partial charge is 0.305 e. The van der Waals surface area contributed by atoms with Crippen LogP contribution >= 0.6 is 7.37 Å². The van der Waals surface area contributed by atoms with Gasteiger partial charge in [0, 0.05) is 26.7 Å². The third kappa shape index (κ3) is 7.14. The maximum absolute atomic E-state index is 12.7. The van der Waals surface area contributed by atoms with Crippen LogP contribution in [0.25, 0.3) is 0 Å². The van der Waals surface area contributed by atoms with Gasteiger partial charge in [0.1, 0.15) is 11.7 Å². The van der Waals surface area contributed by atoms with Crippen molar-refractivity contribution in [2.75, 3.05) is 19.4 Å². The molecule has 2 unspecified atom stereocenters. The Bertz CT molecular complexity index is 783. The highest BCUT2D eigenvalue weighted by atomic mass is 31.2. The number of ether oxygens (including phenoxy) is 4. The standard InChI is InChI=1S/C22H33O8P/c1-6-22(13-14-31(5,25)27-7-2)20(26-15-18-11-9-8-10-12-18)19(28-16(3)23)21(30-22)29-17(4)24/h8-12,19-21H,6-7,13-15H2,1-5H3/t19-,20?,21+,22+,31?/m0/s1. The highest BCUT2D eigenvalue weighted by Gasteiger charge is 2.58. The van der Waals surface area contributed by atoms with Crippen LogP contribution in [0, 0.1) is 0 Å². The fourth-order valence-corrected chi connectivity index (χ4v) is 5.23. The van der Waals surface area contributed by atoms with Crippen molar-refractivity contribution < 1.29 is 37.6 Å². The second-order valence-electron chi connectivity index (χ2n) is 7.71. The van der Waals surface area contributed by atoms with Crippen molar-refractivity contribution in [1.82, 2.24) is 0 Å². The summed E-state index contributed by atoms with van der Waals surface area (Å²) in [7, 11) is -2.85. The lowest BCUT2D eigenvalue weighted by Crippen LogP contribution is -2.46. The van der Waals surface area contributed by atoms with E-state index in [9.17, 15) is 14.2 Å². The van der Waals surface area contributed by atoms with E-state index in [1.807, 2.05) is 37.3 Å². The molecular weight excluding hydrogens is 423 g/mol. The van der Waals surface area contributed by atoms with E-state index < -0.39 is 43.4 Å². The van der Waals surface area contributed by atoms with Crippen LogP contribution < -0.4 is 0 Å². The molecule has 0 saturated carbocycles. The molecule has 0 N–H and O–H groups in total. The average Bonchev–Trinajstić information content (AvgIpc) is 2.97. The number of carbonyl (C=O) groups excluding carboxylic acids is 2. The lowest BCUT2D eigenvalue weighted by Gasteiger charge is -2.34. The number of hydrogen-bond donors (Lipinski definition) is 0. The van der Waals surface area contributed by atoms with Gasteiger partial charge in [-0.2, -0.15) is 0 Å². The highest BCUT2D eigenvalue weighted by Crippen LogP contribution is 2.48. The van der Waals surface area contributed by atoms with E-state index in [2.05, 4.69) is 0 Å². The number of benzene rings is 1. The van der Waals surface area contributed by atoms with Crippen LogP contribution in [-0.2, 0) is 44.2 Å². The Balaban J connectivity index is 2.34. The Morgan fingerprint density at radius 3 is 2.29 bits per heavy atom. The molecule has 0 spiro atoms. The van der Waals surface area contributed by atoms with Crippen LogP contribution in [0.5, 0.6) is 0 Å². The van der Waals surface area contributed by atoms with Gasteiger partial charge in [-0.15, -0.1) is 0 Å². The van der Waals surface area contributed by atoms with E-state index >= 15 is 0 Å². The molecule has 2 rings (SSSR count). The van der Waals surface area contributed by atoms with Gasteiger partial charge in [0.15, 0.2) is 13.5 Å². The van der Waals surface area contributed by atoms with Crippen LogP contribution in [0.2, 0.25) is 0 Å². The molecule has 1 saturated heterocycles. The third-order valence-corrected chi connectivity index (χ3v) is 7.07. The molecule has 8 nitrogen and oxygen atoms in total. The summed E-state index contributed by atoms with van der Waals surface area (Å²) in [5.41, 5.74) is -0.0434. The van der Waals surface area contributed by atoms with Crippen molar-refractivity contribution in [3.05, 3.63) is 35.9 Å². The molecule has 0 bridgehead atoms. The van der Waals surface area contributed by atoms with Gasteiger partial charge in [-0.3, -0.25) is 14.2 Å². The maximum Gasteiger partial charge on any atom is 0.305 e. The predicted octanol–water partition coefficient (Wildman–Crippen LogP) is 3.91. The Labute approximate surface area is 184 Å². The van der Waals surface area contributed by atoms with Crippen LogP contribution in [0.4, 0.5) is 0 Å². The van der Waals surface area contributed by atoms with Crippen LogP contribution in [0.15, 0.2) is 30.3 Å². The van der Waals surface area contributed by atoms with Crippen LogP contribution in [0.3, 0.4) is 0 Å². The molecule has 5 atom stereocenters. The zero-order chi connectivity index (χ0) is 23.1. The minimum absolute atomic E-state index is 0.246. The summed E-state index contributed by atoms with van der Waals surface area (Å²) in [6.07, 6.45) is -1.76. The summed E-state index contributed by atoms with van der Waals surface area (Å²) in [6, 6.07) is 9.55. The summed E-state index contributed by atoms with van der Waals surface area (Å²) in [5, 5.41) is 0. The Morgan fingerprint density at radius 2 is 1.74 bits per heavy atom. The van der Waals surface area contributed by atoms with Crippen molar-refractivity contribution in [3.8, 4) is 0 Å². The summed E-state index contributed by atoms with van der Waals surface area (Å²) < 4.78 is 41.4. The zero-order valence-corrected chi connectivity index (χ0v) is 19.8. The van der Waals surface area contributed by atoms with Crippen LogP contribution in [0.1, 0.15) is 46.1 Å². The molecule has 0 aliphatic carbocycles. The average molecular weight is 456 g/mol. The topological polar surface area (TPSA) is 97.4 Å². The largest absolute Gasteiger partial charge is 0.453 e. The van der Waals surface area contributed by atoms with Crippen LogP contribution in [-0.4, -0.2) is 55.5 Å². The third-order valence-electron chi connectivity index (χ3n) is 5.23. The van der Waals surface area contributed by atoms with Gasteiger partial charge in [0.05, 0.1) is 13.2 Å². The number of carbonyl (C=O) groups is 2. The lowest BCUT2D eigenvalue weighted by molar-refractivity contribution is -0.205. The van der Waals surface area contributed by atoms with E-state index in [1.165, 1.54) is 13.8 Å². The first kappa shape index (κ1) is 25.5. The quantitative estimate of drug-likeness (QED) is 0.365. The molecule has 1 aromatic carbocycles. The molecule has 1 heterocycles. The van der Waals surface area contributed by atoms with E-state index in [0.29, 0.717) is 19.4 Å². The summed E-state index contributed by atoms with van der Waals surface area (Å²) in [4.78, 5) is 23.5. The van der Waals surface area contributed by atoms with Gasteiger partial charge in [0.2, 0.25) is 6.29 Å². The van der Waals surface area contributed by atoms with Crippen molar-refractivity contribution in [2.24, 2.45) is 0 Å². The Morgan fingerprint density at radius 1 is 1.10 bits per heavy atom. The molecular formula is C22H33O8P. The fraction of sp³-hybridized carbons (Fsp3) is 0.636. The second-order valence-corrected chi connectivity index (χ2v) is 10.4. The molecule has 31 heavy (non-hydrogen) atoms. The van der Waals surface area contributed by atoms with E-state index in [1.54, 1.807) is 13.6 Å². The minimum atomic E-state index is -2.85. The molecule has 1 aromatic rings. The summed E-state index contributed by atoms with van der Waals surface area (Å²) in [5.74, 6) is -1.10. The Hall–Kier alpha value is -1.73. The molecule has 1 aliphatic rings. The van der Waals surface area contributed by atoms with E-state index in [-0.39, 0.29) is 12.8 Å². The van der Waals surface area contributed by atoms with Gasteiger partial charge in [-0.05, 0) is 25.3 Å². The molecule has 1 aliphatic heterocycles. The molecule has 0 aromatic heterocycles. The summed E-state index contributed by atoms with van der Waals surface area (Å²) in [6.45, 7) is 8.40. The zero-order valence-electron chi connectivity index (χ0n) is 18.9. The molecule has 174 valence electrons.